The minimum absolute atomic E-state index is 0.155. The third kappa shape index (κ3) is 7.07. The fourth-order valence-electron chi connectivity index (χ4n) is 2.31. The van der Waals surface area contributed by atoms with Gasteiger partial charge in [0.1, 0.15) is 5.75 Å². The fourth-order valence-corrected chi connectivity index (χ4v) is 2.69. The standard InChI is InChI=1S/C19H19BrF3NO2/c20-15-7-5-9-17(13-15)26-11-3-1-2-10-18(25)24-16-8-4-6-14(12-16)19(21,22)23/h4-9,12-13H,1-3,10-11H2,(H,24,25). The van der Waals surface area contributed by atoms with Crippen molar-refractivity contribution >= 4 is 27.5 Å². The second-order valence-electron chi connectivity index (χ2n) is 5.74. The molecule has 0 saturated heterocycles. The van der Waals surface area contributed by atoms with Crippen LogP contribution in [0.5, 0.6) is 5.75 Å². The first-order valence-corrected chi connectivity index (χ1v) is 8.99. The van der Waals surface area contributed by atoms with Crippen LogP contribution in [-0.2, 0) is 11.0 Å². The van der Waals surface area contributed by atoms with Crippen molar-refractivity contribution in [2.45, 2.75) is 31.9 Å². The number of nitrogens with one attached hydrogen (secondary N) is 1. The van der Waals surface area contributed by atoms with E-state index < -0.39 is 11.7 Å². The largest absolute Gasteiger partial charge is 0.494 e. The van der Waals surface area contributed by atoms with Gasteiger partial charge in [-0.1, -0.05) is 28.1 Å². The van der Waals surface area contributed by atoms with Gasteiger partial charge in [0.25, 0.3) is 0 Å². The highest BCUT2D eigenvalue weighted by molar-refractivity contribution is 9.10. The zero-order chi connectivity index (χ0) is 19.0. The smallest absolute Gasteiger partial charge is 0.416 e. The first-order chi connectivity index (χ1) is 12.3. The van der Waals surface area contributed by atoms with E-state index in [0.717, 1.165) is 35.2 Å². The highest BCUT2D eigenvalue weighted by Gasteiger charge is 2.30. The molecule has 0 aliphatic carbocycles. The Labute approximate surface area is 158 Å². The van der Waals surface area contributed by atoms with Crippen LogP contribution in [0.3, 0.4) is 0 Å². The highest BCUT2D eigenvalue weighted by Crippen LogP contribution is 2.30. The maximum absolute atomic E-state index is 12.6. The van der Waals surface area contributed by atoms with Crippen LogP contribution < -0.4 is 10.1 Å². The van der Waals surface area contributed by atoms with Crippen molar-refractivity contribution in [3.05, 3.63) is 58.6 Å². The maximum atomic E-state index is 12.6. The Kier molecular flexibility index (Phi) is 7.50. The fraction of sp³-hybridized carbons (Fsp3) is 0.316. The average molecular weight is 430 g/mol. The van der Waals surface area contributed by atoms with Gasteiger partial charge in [-0.3, -0.25) is 4.79 Å². The van der Waals surface area contributed by atoms with Gasteiger partial charge in [-0.2, -0.15) is 13.2 Å². The molecule has 0 heterocycles. The number of carbonyl (C=O) groups excluding carboxylic acids is 1. The van der Waals surface area contributed by atoms with Crippen LogP contribution in [0.15, 0.2) is 53.0 Å². The summed E-state index contributed by atoms with van der Waals surface area (Å²) in [5, 5.41) is 2.50. The van der Waals surface area contributed by atoms with E-state index in [9.17, 15) is 18.0 Å². The summed E-state index contributed by atoms with van der Waals surface area (Å²) in [6, 6.07) is 12.2. The monoisotopic (exact) mass is 429 g/mol. The Morgan fingerprint density at radius 1 is 1.04 bits per heavy atom. The molecule has 0 atom stereocenters. The van der Waals surface area contributed by atoms with Crippen molar-refractivity contribution in [1.29, 1.82) is 0 Å². The summed E-state index contributed by atoms with van der Waals surface area (Å²) < 4.78 is 44.5. The number of alkyl halides is 3. The quantitative estimate of drug-likeness (QED) is 0.518. The molecule has 2 aromatic carbocycles. The van der Waals surface area contributed by atoms with E-state index in [4.69, 9.17) is 4.74 Å². The molecular formula is C19H19BrF3NO2. The van der Waals surface area contributed by atoms with Gasteiger partial charge in [-0.15, -0.1) is 0 Å². The third-order valence-electron chi connectivity index (χ3n) is 3.59. The molecule has 7 heteroatoms. The van der Waals surface area contributed by atoms with Crippen molar-refractivity contribution in [2.75, 3.05) is 11.9 Å². The summed E-state index contributed by atoms with van der Waals surface area (Å²) in [7, 11) is 0. The van der Waals surface area contributed by atoms with E-state index in [1.165, 1.54) is 12.1 Å². The van der Waals surface area contributed by atoms with E-state index in [2.05, 4.69) is 21.2 Å². The minimum Gasteiger partial charge on any atom is -0.494 e. The van der Waals surface area contributed by atoms with Crippen LogP contribution in [-0.4, -0.2) is 12.5 Å². The van der Waals surface area contributed by atoms with Crippen LogP contribution in [0.4, 0.5) is 18.9 Å². The number of hydrogen-bond donors (Lipinski definition) is 1. The summed E-state index contributed by atoms with van der Waals surface area (Å²) in [6.45, 7) is 0.547. The van der Waals surface area contributed by atoms with E-state index in [1.807, 2.05) is 24.3 Å². The molecule has 0 spiro atoms. The molecule has 0 aromatic heterocycles. The Morgan fingerprint density at radius 3 is 2.54 bits per heavy atom. The average Bonchev–Trinajstić information content (AvgIpc) is 2.57. The Hall–Kier alpha value is -2.02. The molecule has 2 aromatic rings. The molecule has 0 aliphatic rings. The SMILES string of the molecule is O=C(CCCCCOc1cccc(Br)c1)Nc1cccc(C(F)(F)F)c1. The second kappa shape index (κ2) is 9.62. The summed E-state index contributed by atoms with van der Waals surface area (Å²) in [6.07, 6.45) is -1.93. The molecule has 0 saturated carbocycles. The van der Waals surface area contributed by atoms with Crippen molar-refractivity contribution in [1.82, 2.24) is 0 Å². The van der Waals surface area contributed by atoms with Crippen molar-refractivity contribution in [2.24, 2.45) is 0 Å². The van der Waals surface area contributed by atoms with Gasteiger partial charge in [0, 0.05) is 16.6 Å². The number of halogens is 4. The van der Waals surface area contributed by atoms with Crippen LogP contribution in [0.25, 0.3) is 0 Å². The van der Waals surface area contributed by atoms with Gasteiger partial charge in [-0.05, 0) is 55.7 Å². The number of anilines is 1. The lowest BCUT2D eigenvalue weighted by Gasteiger charge is -2.10. The Balaban J connectivity index is 1.65. The third-order valence-corrected chi connectivity index (χ3v) is 4.08. The topological polar surface area (TPSA) is 38.3 Å². The Bertz CT molecular complexity index is 735. The lowest BCUT2D eigenvalue weighted by atomic mass is 10.1. The number of hydrogen-bond acceptors (Lipinski definition) is 2. The number of carbonyl (C=O) groups is 1. The summed E-state index contributed by atoms with van der Waals surface area (Å²) in [5.74, 6) is 0.485. The number of rotatable bonds is 8. The van der Waals surface area contributed by atoms with E-state index >= 15 is 0 Å². The van der Waals surface area contributed by atoms with Gasteiger partial charge < -0.3 is 10.1 Å². The summed E-state index contributed by atoms with van der Waals surface area (Å²) in [5.41, 5.74) is -0.622. The molecule has 0 bridgehead atoms. The molecule has 3 nitrogen and oxygen atoms in total. The molecule has 2 rings (SSSR count). The molecule has 1 N–H and O–H groups in total. The zero-order valence-corrected chi connectivity index (χ0v) is 15.6. The first kappa shape index (κ1) is 20.3. The predicted molar refractivity (Wildman–Crippen MR) is 98.2 cm³/mol. The Morgan fingerprint density at radius 2 is 1.81 bits per heavy atom. The minimum atomic E-state index is -4.42. The molecule has 0 unspecified atom stereocenters. The molecule has 1 amide bonds. The van der Waals surface area contributed by atoms with Gasteiger partial charge in [0.05, 0.1) is 12.2 Å². The first-order valence-electron chi connectivity index (χ1n) is 8.20. The maximum Gasteiger partial charge on any atom is 0.416 e. The molecule has 0 radical (unpaired) electrons. The van der Waals surface area contributed by atoms with Crippen molar-refractivity contribution in [3.8, 4) is 5.75 Å². The van der Waals surface area contributed by atoms with E-state index in [1.54, 1.807) is 0 Å². The second-order valence-corrected chi connectivity index (χ2v) is 6.66. The lowest BCUT2D eigenvalue weighted by Crippen LogP contribution is -2.12. The normalized spacial score (nSPS) is 11.2. The van der Waals surface area contributed by atoms with Gasteiger partial charge in [0.2, 0.25) is 5.91 Å². The molecule has 0 fully saturated rings. The summed E-state index contributed by atoms with van der Waals surface area (Å²) >= 11 is 3.37. The number of unbranched alkanes of at least 4 members (excludes halogenated alkanes) is 2. The van der Waals surface area contributed by atoms with Crippen LogP contribution in [0, 0.1) is 0 Å². The van der Waals surface area contributed by atoms with Crippen LogP contribution in [0.2, 0.25) is 0 Å². The number of ether oxygens (including phenoxy) is 1. The van der Waals surface area contributed by atoms with Gasteiger partial charge in [0.15, 0.2) is 0 Å². The summed E-state index contributed by atoms with van der Waals surface area (Å²) in [4.78, 5) is 11.8. The van der Waals surface area contributed by atoms with E-state index in [0.29, 0.717) is 13.0 Å². The molecule has 26 heavy (non-hydrogen) atoms. The van der Waals surface area contributed by atoms with Crippen LogP contribution >= 0.6 is 15.9 Å². The number of benzene rings is 2. The van der Waals surface area contributed by atoms with Gasteiger partial charge >= 0.3 is 6.18 Å². The lowest BCUT2D eigenvalue weighted by molar-refractivity contribution is -0.137. The van der Waals surface area contributed by atoms with Crippen molar-refractivity contribution in [3.63, 3.8) is 0 Å². The van der Waals surface area contributed by atoms with Gasteiger partial charge in [-0.25, -0.2) is 0 Å². The number of amides is 1. The van der Waals surface area contributed by atoms with E-state index in [-0.39, 0.29) is 18.0 Å². The highest BCUT2D eigenvalue weighted by atomic mass is 79.9. The molecular weight excluding hydrogens is 411 g/mol. The molecule has 140 valence electrons. The predicted octanol–water partition coefficient (Wildman–Crippen LogP) is 6.05. The van der Waals surface area contributed by atoms with Crippen LogP contribution in [0.1, 0.15) is 31.2 Å². The zero-order valence-electron chi connectivity index (χ0n) is 14.0. The molecule has 0 aliphatic heterocycles. The van der Waals surface area contributed by atoms with Crippen molar-refractivity contribution < 1.29 is 22.7 Å².